The Morgan fingerprint density at radius 3 is 2.39 bits per heavy atom. The van der Waals surface area contributed by atoms with Crippen LogP contribution >= 0.6 is 0 Å². The maximum Gasteiger partial charge on any atom is 0.407 e. The summed E-state index contributed by atoms with van der Waals surface area (Å²) in [6.07, 6.45) is 3.62. The highest BCUT2D eigenvalue weighted by Gasteiger charge is 2.27. The largest absolute Gasteiger partial charge is 0.502 e. The number of nitrogens with zero attached hydrogens (tertiary/aromatic N) is 3. The van der Waals surface area contributed by atoms with Gasteiger partial charge >= 0.3 is 11.8 Å². The maximum atomic E-state index is 11.9. The molecule has 0 spiro atoms. The van der Waals surface area contributed by atoms with Crippen molar-refractivity contribution >= 4 is 17.5 Å². The molecule has 0 aromatic heterocycles. The van der Waals surface area contributed by atoms with Crippen molar-refractivity contribution < 1.29 is 19.6 Å². The zero-order valence-corrected chi connectivity index (χ0v) is 18.7. The third-order valence-corrected chi connectivity index (χ3v) is 5.96. The second-order valence-corrected chi connectivity index (χ2v) is 9.58. The number of alkyl carbamates (subject to hydrolysis) is 1. The lowest BCUT2D eigenvalue weighted by Gasteiger charge is -2.38. The van der Waals surface area contributed by atoms with E-state index in [0.29, 0.717) is 5.92 Å². The van der Waals surface area contributed by atoms with E-state index < -0.39 is 10.5 Å². The molecule has 2 heterocycles. The van der Waals surface area contributed by atoms with Gasteiger partial charge in [-0.15, -0.1) is 0 Å². The van der Waals surface area contributed by atoms with Crippen LogP contribution in [0.3, 0.4) is 0 Å². The van der Waals surface area contributed by atoms with Crippen molar-refractivity contribution in [3.8, 4) is 5.75 Å². The Morgan fingerprint density at radius 2 is 1.84 bits per heavy atom. The number of carbonyl (C=O) groups is 1. The van der Waals surface area contributed by atoms with Gasteiger partial charge < -0.3 is 25.0 Å². The van der Waals surface area contributed by atoms with Gasteiger partial charge in [0.15, 0.2) is 5.75 Å². The minimum atomic E-state index is -0.572. The molecule has 9 nitrogen and oxygen atoms in total. The number of hydrogen-bond acceptors (Lipinski definition) is 7. The molecule has 172 valence electrons. The van der Waals surface area contributed by atoms with Crippen molar-refractivity contribution in [1.82, 2.24) is 10.2 Å². The summed E-state index contributed by atoms with van der Waals surface area (Å²) in [4.78, 5) is 26.9. The number of amides is 1. The molecule has 2 aliphatic rings. The Hall–Kier alpha value is -2.55. The molecular formula is C22H34N4O5. The maximum absolute atomic E-state index is 11.9. The number of piperidine rings is 2. The molecule has 9 heteroatoms. The molecule has 1 aromatic carbocycles. The van der Waals surface area contributed by atoms with Gasteiger partial charge in [-0.25, -0.2) is 4.79 Å². The monoisotopic (exact) mass is 434 g/mol. The van der Waals surface area contributed by atoms with Crippen LogP contribution < -0.4 is 10.2 Å². The summed E-state index contributed by atoms with van der Waals surface area (Å²) >= 11 is 0. The van der Waals surface area contributed by atoms with E-state index in [4.69, 9.17) is 4.74 Å². The Labute approximate surface area is 183 Å². The lowest BCUT2D eigenvalue weighted by atomic mass is 9.94. The summed E-state index contributed by atoms with van der Waals surface area (Å²) in [6, 6.07) is 4.73. The molecule has 2 saturated heterocycles. The van der Waals surface area contributed by atoms with E-state index >= 15 is 0 Å². The number of phenolic OH excluding ortho intramolecular Hbond substituents is 1. The minimum Gasteiger partial charge on any atom is -0.502 e. The number of nitro groups is 1. The van der Waals surface area contributed by atoms with E-state index in [9.17, 15) is 20.0 Å². The molecule has 31 heavy (non-hydrogen) atoms. The van der Waals surface area contributed by atoms with Crippen LogP contribution in [0, 0.1) is 16.0 Å². The summed E-state index contributed by atoms with van der Waals surface area (Å²) in [5, 5.41) is 23.7. The molecule has 0 atom stereocenters. The number of benzene rings is 1. The van der Waals surface area contributed by atoms with Gasteiger partial charge in [-0.3, -0.25) is 10.1 Å². The van der Waals surface area contributed by atoms with E-state index in [1.807, 2.05) is 20.8 Å². The molecular weight excluding hydrogens is 400 g/mol. The highest BCUT2D eigenvalue weighted by molar-refractivity contribution is 5.68. The van der Waals surface area contributed by atoms with Crippen LogP contribution in [0.5, 0.6) is 5.75 Å². The van der Waals surface area contributed by atoms with Gasteiger partial charge in [0.25, 0.3) is 0 Å². The molecule has 2 aliphatic heterocycles. The van der Waals surface area contributed by atoms with E-state index in [0.717, 1.165) is 64.1 Å². The molecule has 0 bridgehead atoms. The molecule has 2 N–H and O–H groups in total. The summed E-state index contributed by atoms with van der Waals surface area (Å²) in [7, 11) is 0. The summed E-state index contributed by atoms with van der Waals surface area (Å²) in [5.41, 5.74) is 0.0890. The van der Waals surface area contributed by atoms with Crippen molar-refractivity contribution in [2.45, 2.75) is 58.1 Å². The van der Waals surface area contributed by atoms with Crippen LogP contribution in [-0.2, 0) is 4.74 Å². The molecule has 0 radical (unpaired) electrons. The average molecular weight is 435 g/mol. The summed E-state index contributed by atoms with van der Waals surface area (Å²) in [5.74, 6) is 0.325. The van der Waals surface area contributed by atoms with Crippen molar-refractivity contribution in [2.24, 2.45) is 5.92 Å². The number of hydrogen-bond donors (Lipinski definition) is 2. The number of nitrogens with one attached hydrogen (secondary N) is 1. The number of anilines is 1. The van der Waals surface area contributed by atoms with Crippen LogP contribution in [-0.4, -0.2) is 65.4 Å². The Morgan fingerprint density at radius 1 is 1.19 bits per heavy atom. The summed E-state index contributed by atoms with van der Waals surface area (Å²) in [6.45, 7) is 10.3. The first-order chi connectivity index (χ1) is 14.6. The van der Waals surface area contributed by atoms with E-state index in [1.165, 1.54) is 12.1 Å². The second-order valence-electron chi connectivity index (χ2n) is 9.58. The molecule has 3 rings (SSSR count). The van der Waals surface area contributed by atoms with E-state index in [2.05, 4.69) is 15.1 Å². The first kappa shape index (κ1) is 23.1. The van der Waals surface area contributed by atoms with Crippen LogP contribution in [0.2, 0.25) is 0 Å². The molecule has 0 unspecified atom stereocenters. The number of ether oxygens (including phenoxy) is 1. The number of carbonyl (C=O) groups excluding carboxylic acids is 1. The first-order valence-corrected chi connectivity index (χ1v) is 11.0. The fourth-order valence-electron chi connectivity index (χ4n) is 4.34. The molecule has 0 saturated carbocycles. The summed E-state index contributed by atoms with van der Waals surface area (Å²) < 4.78 is 5.34. The van der Waals surface area contributed by atoms with Gasteiger partial charge in [-0.1, -0.05) is 0 Å². The number of likely N-dealkylation sites (tertiary alicyclic amines) is 1. The third kappa shape index (κ3) is 6.72. The number of aromatic hydroxyl groups is 1. The van der Waals surface area contributed by atoms with Crippen LogP contribution in [0.1, 0.15) is 46.5 Å². The van der Waals surface area contributed by atoms with Gasteiger partial charge in [0.1, 0.15) is 5.60 Å². The van der Waals surface area contributed by atoms with Crippen molar-refractivity contribution in [2.75, 3.05) is 37.6 Å². The average Bonchev–Trinajstić information content (AvgIpc) is 2.68. The van der Waals surface area contributed by atoms with Gasteiger partial charge in [0.2, 0.25) is 0 Å². The van der Waals surface area contributed by atoms with Gasteiger partial charge in [-0.05, 0) is 58.4 Å². The SMILES string of the molecule is CC(C)(C)OC(=O)NC1CCN(CC2CCN(c3ccc([N+](=O)[O-])c(O)c3)CC2)CC1. The first-order valence-electron chi connectivity index (χ1n) is 11.0. The Kier molecular flexibility index (Phi) is 7.25. The second kappa shape index (κ2) is 9.72. The Bertz CT molecular complexity index is 779. The lowest BCUT2D eigenvalue weighted by Crippen LogP contribution is -2.47. The fourth-order valence-corrected chi connectivity index (χ4v) is 4.34. The van der Waals surface area contributed by atoms with Gasteiger partial charge in [-0.2, -0.15) is 0 Å². The molecule has 0 aliphatic carbocycles. The molecule has 1 aromatic rings. The predicted octanol–water partition coefficient (Wildman–Crippen LogP) is 3.51. The van der Waals surface area contributed by atoms with Crippen molar-refractivity contribution in [1.29, 1.82) is 0 Å². The minimum absolute atomic E-state index is 0.169. The lowest BCUT2D eigenvalue weighted by molar-refractivity contribution is -0.385. The molecule has 1 amide bonds. The zero-order valence-electron chi connectivity index (χ0n) is 18.7. The van der Waals surface area contributed by atoms with Crippen LogP contribution in [0.4, 0.5) is 16.2 Å². The zero-order chi connectivity index (χ0) is 22.6. The van der Waals surface area contributed by atoms with Crippen LogP contribution in [0.15, 0.2) is 18.2 Å². The highest BCUT2D eigenvalue weighted by Crippen LogP contribution is 2.32. The van der Waals surface area contributed by atoms with Gasteiger partial charge in [0.05, 0.1) is 4.92 Å². The standard InChI is InChI=1S/C22H34N4O5/c1-22(2,3)31-21(28)23-17-8-10-24(11-9-17)15-16-6-12-25(13-7-16)18-4-5-19(26(29)30)20(27)14-18/h4-5,14,16-17,27H,6-13,15H2,1-3H3,(H,23,28). The number of nitro benzene ring substituents is 1. The predicted molar refractivity (Wildman–Crippen MR) is 119 cm³/mol. The third-order valence-electron chi connectivity index (χ3n) is 5.96. The Balaban J connectivity index is 1.39. The topological polar surface area (TPSA) is 108 Å². The number of rotatable bonds is 5. The van der Waals surface area contributed by atoms with Crippen molar-refractivity contribution in [3.63, 3.8) is 0 Å². The quantitative estimate of drug-likeness (QED) is 0.539. The van der Waals surface area contributed by atoms with Crippen LogP contribution in [0.25, 0.3) is 0 Å². The smallest absolute Gasteiger partial charge is 0.407 e. The fraction of sp³-hybridized carbons (Fsp3) is 0.682. The normalized spacial score (nSPS) is 19.3. The van der Waals surface area contributed by atoms with Gasteiger partial charge in [0, 0.05) is 56.6 Å². The number of phenols is 1. The molecule has 2 fully saturated rings. The van der Waals surface area contributed by atoms with Crippen molar-refractivity contribution in [3.05, 3.63) is 28.3 Å². The van der Waals surface area contributed by atoms with E-state index in [-0.39, 0.29) is 23.6 Å². The van der Waals surface area contributed by atoms with E-state index in [1.54, 1.807) is 6.07 Å². The highest BCUT2D eigenvalue weighted by atomic mass is 16.6.